The maximum absolute atomic E-state index is 12.8. The van der Waals surface area contributed by atoms with E-state index in [1.807, 2.05) is 0 Å². The SMILES string of the molecule is C=CC(C)(C)c1c(O)cc(O)c2c(=O)c(O)c(-c3ccc(O)c(OC)c3)oc12. The lowest BCUT2D eigenvalue weighted by molar-refractivity contribution is 0.373. The van der Waals surface area contributed by atoms with Crippen LogP contribution in [0, 0.1) is 0 Å². The molecule has 1 aromatic heterocycles. The second-order valence-electron chi connectivity index (χ2n) is 6.92. The highest BCUT2D eigenvalue weighted by Gasteiger charge is 2.29. The minimum atomic E-state index is -0.859. The summed E-state index contributed by atoms with van der Waals surface area (Å²) in [5.74, 6) is -1.72. The van der Waals surface area contributed by atoms with Gasteiger partial charge in [0.15, 0.2) is 17.3 Å². The molecule has 0 spiro atoms. The van der Waals surface area contributed by atoms with Crippen LogP contribution in [0.5, 0.6) is 28.7 Å². The Bertz CT molecular complexity index is 1160. The number of phenolic OH excluding ortho intramolecular Hbond substituents is 3. The van der Waals surface area contributed by atoms with Crippen LogP contribution in [-0.2, 0) is 5.41 Å². The molecule has 0 saturated heterocycles. The van der Waals surface area contributed by atoms with Gasteiger partial charge in [0.1, 0.15) is 22.5 Å². The van der Waals surface area contributed by atoms with Gasteiger partial charge in [-0.15, -0.1) is 6.58 Å². The zero-order valence-electron chi connectivity index (χ0n) is 15.6. The summed E-state index contributed by atoms with van der Waals surface area (Å²) in [6, 6.07) is 5.18. The van der Waals surface area contributed by atoms with Crippen LogP contribution in [0.1, 0.15) is 19.4 Å². The fraction of sp³-hybridized carbons (Fsp3) is 0.190. The second kappa shape index (κ2) is 6.53. The molecule has 0 amide bonds. The van der Waals surface area contributed by atoms with E-state index in [2.05, 4.69) is 6.58 Å². The number of aromatic hydroxyl groups is 4. The van der Waals surface area contributed by atoms with Gasteiger partial charge >= 0.3 is 0 Å². The first-order chi connectivity index (χ1) is 13.1. The van der Waals surface area contributed by atoms with Crippen molar-refractivity contribution in [3.63, 3.8) is 0 Å². The van der Waals surface area contributed by atoms with E-state index < -0.39 is 22.3 Å². The molecule has 0 atom stereocenters. The number of phenols is 3. The number of rotatable bonds is 4. The van der Waals surface area contributed by atoms with Crippen molar-refractivity contribution in [3.05, 3.63) is 52.7 Å². The number of benzene rings is 2. The van der Waals surface area contributed by atoms with Gasteiger partial charge in [-0.1, -0.05) is 19.9 Å². The summed E-state index contributed by atoms with van der Waals surface area (Å²) in [7, 11) is 1.36. The summed E-state index contributed by atoms with van der Waals surface area (Å²) in [5.41, 5.74) is -1.25. The summed E-state index contributed by atoms with van der Waals surface area (Å²) >= 11 is 0. The summed E-state index contributed by atoms with van der Waals surface area (Å²) < 4.78 is 10.9. The Labute approximate surface area is 160 Å². The average Bonchev–Trinajstić information content (AvgIpc) is 2.64. The van der Waals surface area contributed by atoms with E-state index in [-0.39, 0.29) is 45.1 Å². The van der Waals surface area contributed by atoms with E-state index in [1.54, 1.807) is 19.9 Å². The highest BCUT2D eigenvalue weighted by atomic mass is 16.5. The molecule has 146 valence electrons. The molecule has 0 aliphatic heterocycles. The number of methoxy groups -OCH3 is 1. The fourth-order valence-corrected chi connectivity index (χ4v) is 3.06. The molecule has 0 fully saturated rings. The van der Waals surface area contributed by atoms with Crippen molar-refractivity contribution >= 4 is 11.0 Å². The van der Waals surface area contributed by atoms with Crippen molar-refractivity contribution in [1.29, 1.82) is 0 Å². The molecule has 2 aromatic carbocycles. The van der Waals surface area contributed by atoms with E-state index in [4.69, 9.17) is 9.15 Å². The van der Waals surface area contributed by atoms with E-state index in [0.717, 1.165) is 6.07 Å². The third kappa shape index (κ3) is 2.81. The monoisotopic (exact) mass is 384 g/mol. The third-order valence-corrected chi connectivity index (χ3v) is 4.70. The van der Waals surface area contributed by atoms with Gasteiger partial charge in [-0.05, 0) is 18.2 Å². The van der Waals surface area contributed by atoms with Crippen LogP contribution in [-0.4, -0.2) is 27.5 Å². The molecule has 3 rings (SSSR count). The first-order valence-corrected chi connectivity index (χ1v) is 8.38. The van der Waals surface area contributed by atoms with Gasteiger partial charge < -0.3 is 29.6 Å². The third-order valence-electron chi connectivity index (χ3n) is 4.70. The van der Waals surface area contributed by atoms with E-state index in [9.17, 15) is 25.2 Å². The van der Waals surface area contributed by atoms with Crippen molar-refractivity contribution < 1.29 is 29.6 Å². The zero-order valence-corrected chi connectivity index (χ0v) is 15.6. The standard InChI is InChI=1S/C21H20O7/c1-5-21(2,3)16-13(24)9-12(23)15-17(25)18(26)19(28-20(15)16)10-6-7-11(22)14(8-10)27-4/h5-9,22-24,26H,1H2,2-4H3. The van der Waals surface area contributed by atoms with Crippen molar-refractivity contribution in [2.75, 3.05) is 7.11 Å². The molecule has 0 saturated carbocycles. The molecule has 1 heterocycles. The fourth-order valence-electron chi connectivity index (χ4n) is 3.06. The second-order valence-corrected chi connectivity index (χ2v) is 6.92. The van der Waals surface area contributed by atoms with Crippen molar-refractivity contribution in [3.8, 4) is 40.1 Å². The Morgan fingerprint density at radius 1 is 1.07 bits per heavy atom. The van der Waals surface area contributed by atoms with Crippen LogP contribution in [0.2, 0.25) is 0 Å². The average molecular weight is 384 g/mol. The van der Waals surface area contributed by atoms with Gasteiger partial charge in [-0.2, -0.15) is 0 Å². The Morgan fingerprint density at radius 2 is 1.75 bits per heavy atom. The quantitative estimate of drug-likeness (QED) is 0.506. The molecular formula is C21H20O7. The van der Waals surface area contributed by atoms with E-state index in [1.165, 1.54) is 25.3 Å². The summed E-state index contributed by atoms with van der Waals surface area (Å²) in [4.78, 5) is 12.8. The minimum absolute atomic E-state index is 0.0766. The lowest BCUT2D eigenvalue weighted by atomic mass is 9.83. The summed E-state index contributed by atoms with van der Waals surface area (Å²) in [6.45, 7) is 7.25. The topological polar surface area (TPSA) is 120 Å². The maximum atomic E-state index is 12.8. The van der Waals surface area contributed by atoms with Crippen LogP contribution >= 0.6 is 0 Å². The highest BCUT2D eigenvalue weighted by molar-refractivity contribution is 5.92. The lowest BCUT2D eigenvalue weighted by Crippen LogP contribution is -2.15. The van der Waals surface area contributed by atoms with Gasteiger partial charge in [0, 0.05) is 22.6 Å². The number of hydrogen-bond donors (Lipinski definition) is 4. The Morgan fingerprint density at radius 3 is 2.36 bits per heavy atom. The Kier molecular flexibility index (Phi) is 4.47. The molecule has 0 aliphatic carbocycles. The Balaban J connectivity index is 2.48. The first-order valence-electron chi connectivity index (χ1n) is 8.38. The summed E-state index contributed by atoms with van der Waals surface area (Å²) in [6.07, 6.45) is 1.56. The van der Waals surface area contributed by atoms with Gasteiger partial charge in [-0.3, -0.25) is 4.79 Å². The van der Waals surface area contributed by atoms with Crippen molar-refractivity contribution in [2.45, 2.75) is 19.3 Å². The van der Waals surface area contributed by atoms with Crippen molar-refractivity contribution in [1.82, 2.24) is 0 Å². The molecule has 0 radical (unpaired) electrons. The van der Waals surface area contributed by atoms with Crippen LogP contribution in [0.4, 0.5) is 0 Å². The summed E-state index contributed by atoms with van der Waals surface area (Å²) in [5, 5.41) is 40.5. The highest BCUT2D eigenvalue weighted by Crippen LogP contribution is 2.44. The van der Waals surface area contributed by atoms with Gasteiger partial charge in [-0.25, -0.2) is 0 Å². The zero-order chi connectivity index (χ0) is 20.8. The van der Waals surface area contributed by atoms with Crippen LogP contribution in [0.3, 0.4) is 0 Å². The first kappa shape index (κ1) is 19.2. The maximum Gasteiger partial charge on any atom is 0.238 e. The molecule has 4 N–H and O–H groups in total. The van der Waals surface area contributed by atoms with Gasteiger partial charge in [0.25, 0.3) is 0 Å². The lowest BCUT2D eigenvalue weighted by Gasteiger charge is -2.23. The molecule has 28 heavy (non-hydrogen) atoms. The predicted octanol–water partition coefficient (Wildman–Crippen LogP) is 3.75. The molecule has 3 aromatic rings. The molecule has 7 heteroatoms. The number of allylic oxidation sites excluding steroid dienone is 1. The van der Waals surface area contributed by atoms with Crippen LogP contribution in [0.25, 0.3) is 22.3 Å². The molecular weight excluding hydrogens is 364 g/mol. The molecule has 0 unspecified atom stereocenters. The van der Waals surface area contributed by atoms with Crippen LogP contribution < -0.4 is 10.2 Å². The normalized spacial score (nSPS) is 11.5. The predicted molar refractivity (Wildman–Crippen MR) is 104 cm³/mol. The molecule has 7 nitrogen and oxygen atoms in total. The van der Waals surface area contributed by atoms with Gasteiger partial charge in [0.05, 0.1) is 7.11 Å². The number of fused-ring (bicyclic) bond motifs is 1. The van der Waals surface area contributed by atoms with E-state index in [0.29, 0.717) is 0 Å². The number of ether oxygens (including phenoxy) is 1. The minimum Gasteiger partial charge on any atom is -0.507 e. The van der Waals surface area contributed by atoms with Crippen LogP contribution in [0.15, 0.2) is 46.1 Å². The van der Waals surface area contributed by atoms with E-state index >= 15 is 0 Å². The van der Waals surface area contributed by atoms with Crippen molar-refractivity contribution in [2.24, 2.45) is 0 Å². The largest absolute Gasteiger partial charge is 0.507 e. The molecule has 0 aliphatic rings. The number of hydrogen-bond acceptors (Lipinski definition) is 7. The smallest absolute Gasteiger partial charge is 0.238 e. The van der Waals surface area contributed by atoms with Gasteiger partial charge in [0.2, 0.25) is 11.2 Å². The molecule has 0 bridgehead atoms. The Hall–Kier alpha value is -3.61.